The van der Waals surface area contributed by atoms with E-state index in [4.69, 9.17) is 18.9 Å². The summed E-state index contributed by atoms with van der Waals surface area (Å²) in [7, 11) is 0. The Bertz CT molecular complexity index is 600. The first-order valence-electron chi connectivity index (χ1n) is 6.22. The zero-order chi connectivity index (χ0) is 13.8. The van der Waals surface area contributed by atoms with Gasteiger partial charge in [-0.25, -0.2) is 0 Å². The highest BCUT2D eigenvalue weighted by Gasteiger charge is 2.13. The summed E-state index contributed by atoms with van der Waals surface area (Å²) < 4.78 is 22.7. The van der Waals surface area contributed by atoms with Gasteiger partial charge in [0.2, 0.25) is 6.79 Å². The van der Waals surface area contributed by atoms with Gasteiger partial charge in [-0.3, -0.25) is 0 Å². The smallest absolute Gasteiger partial charge is 0.231 e. The molecule has 1 aliphatic rings. The van der Waals surface area contributed by atoms with E-state index in [-0.39, 0.29) is 6.79 Å². The van der Waals surface area contributed by atoms with Crippen molar-refractivity contribution in [1.29, 1.82) is 0 Å². The molecule has 20 heavy (non-hydrogen) atoms. The Kier molecular flexibility index (Phi) is 3.97. The highest BCUT2D eigenvalue weighted by Crippen LogP contribution is 2.35. The first-order valence-corrected chi connectivity index (χ1v) is 7.01. The molecule has 1 heterocycles. The molecule has 0 aliphatic carbocycles. The third-order valence-corrected chi connectivity index (χ3v) is 3.25. The number of ether oxygens (including phenoxy) is 4. The van der Waals surface area contributed by atoms with Crippen LogP contribution in [0.2, 0.25) is 0 Å². The van der Waals surface area contributed by atoms with Crippen LogP contribution in [0.15, 0.2) is 46.9 Å². The van der Waals surface area contributed by atoms with Crippen LogP contribution in [0, 0.1) is 0 Å². The van der Waals surface area contributed by atoms with Gasteiger partial charge >= 0.3 is 0 Å². The van der Waals surface area contributed by atoms with E-state index < -0.39 is 0 Å². The maximum Gasteiger partial charge on any atom is 0.231 e. The molecule has 3 rings (SSSR count). The summed E-state index contributed by atoms with van der Waals surface area (Å²) in [6, 6.07) is 13.2. The molecular formula is C15H13BrO4. The molecule has 2 aromatic rings. The van der Waals surface area contributed by atoms with Crippen LogP contribution in [-0.2, 0) is 0 Å². The number of benzene rings is 2. The predicted octanol–water partition coefficient (Wildman–Crippen LogP) is 3.64. The van der Waals surface area contributed by atoms with Gasteiger partial charge in [0.05, 0.1) is 0 Å². The largest absolute Gasteiger partial charge is 0.490 e. The van der Waals surface area contributed by atoms with E-state index in [0.29, 0.717) is 13.2 Å². The summed E-state index contributed by atoms with van der Waals surface area (Å²) in [5.41, 5.74) is 0. The van der Waals surface area contributed by atoms with Crippen molar-refractivity contribution >= 4 is 15.9 Å². The van der Waals surface area contributed by atoms with Gasteiger partial charge in [0.15, 0.2) is 11.5 Å². The molecule has 2 aromatic carbocycles. The van der Waals surface area contributed by atoms with Gasteiger partial charge in [-0.2, -0.15) is 0 Å². The van der Waals surface area contributed by atoms with Crippen LogP contribution in [-0.4, -0.2) is 20.0 Å². The van der Waals surface area contributed by atoms with Crippen molar-refractivity contribution in [2.45, 2.75) is 0 Å². The van der Waals surface area contributed by atoms with Crippen molar-refractivity contribution in [3.63, 3.8) is 0 Å². The minimum Gasteiger partial charge on any atom is -0.490 e. The highest BCUT2D eigenvalue weighted by molar-refractivity contribution is 9.10. The molecule has 0 saturated carbocycles. The van der Waals surface area contributed by atoms with Crippen molar-refractivity contribution in [2.24, 2.45) is 0 Å². The zero-order valence-electron chi connectivity index (χ0n) is 10.7. The molecule has 0 aromatic heterocycles. The fourth-order valence-electron chi connectivity index (χ4n) is 1.84. The zero-order valence-corrected chi connectivity index (χ0v) is 12.3. The predicted molar refractivity (Wildman–Crippen MR) is 77.7 cm³/mol. The molecule has 0 atom stereocenters. The molecule has 5 heteroatoms. The molecule has 0 unspecified atom stereocenters. The van der Waals surface area contributed by atoms with E-state index in [0.717, 1.165) is 27.5 Å². The van der Waals surface area contributed by atoms with Gasteiger partial charge in [-0.1, -0.05) is 22.0 Å². The lowest BCUT2D eigenvalue weighted by Gasteiger charge is -2.09. The van der Waals surface area contributed by atoms with Crippen LogP contribution in [0.5, 0.6) is 23.0 Å². The summed E-state index contributed by atoms with van der Waals surface area (Å²) in [6.07, 6.45) is 0. The average Bonchev–Trinajstić information content (AvgIpc) is 2.91. The average molecular weight is 337 g/mol. The minimum atomic E-state index is 0.269. The van der Waals surface area contributed by atoms with Gasteiger partial charge in [-0.15, -0.1) is 0 Å². The van der Waals surface area contributed by atoms with Crippen molar-refractivity contribution in [1.82, 2.24) is 0 Å². The number of hydrogen-bond acceptors (Lipinski definition) is 4. The van der Waals surface area contributed by atoms with Crippen molar-refractivity contribution in [3.8, 4) is 23.0 Å². The quantitative estimate of drug-likeness (QED) is 0.781. The first-order chi connectivity index (χ1) is 9.81. The Labute approximate surface area is 125 Å². The van der Waals surface area contributed by atoms with E-state index in [9.17, 15) is 0 Å². The van der Waals surface area contributed by atoms with Gasteiger partial charge in [0, 0.05) is 10.5 Å². The molecule has 0 radical (unpaired) electrons. The summed E-state index contributed by atoms with van der Waals surface area (Å²) in [5.74, 6) is 3.03. The maximum atomic E-state index is 5.61. The standard InChI is InChI=1S/C15H13BrO4/c16-11-2-1-3-12(8-11)17-6-7-18-13-4-5-14-15(9-13)20-10-19-14/h1-5,8-9H,6-7,10H2. The Morgan fingerprint density at radius 1 is 0.900 bits per heavy atom. The van der Waals surface area contributed by atoms with Gasteiger partial charge in [0.1, 0.15) is 24.7 Å². The molecule has 1 aliphatic heterocycles. The van der Waals surface area contributed by atoms with Crippen molar-refractivity contribution < 1.29 is 18.9 Å². The van der Waals surface area contributed by atoms with Crippen LogP contribution in [0.1, 0.15) is 0 Å². The SMILES string of the molecule is Brc1cccc(OCCOc2ccc3c(c2)OCO3)c1. The summed E-state index contributed by atoms with van der Waals surface area (Å²) in [6.45, 7) is 1.21. The van der Waals surface area contributed by atoms with Crippen LogP contribution in [0.25, 0.3) is 0 Å². The lowest BCUT2D eigenvalue weighted by Crippen LogP contribution is -2.08. The molecule has 4 nitrogen and oxygen atoms in total. The fraction of sp³-hybridized carbons (Fsp3) is 0.200. The summed E-state index contributed by atoms with van der Waals surface area (Å²) >= 11 is 3.40. The third-order valence-electron chi connectivity index (χ3n) is 2.76. The van der Waals surface area contributed by atoms with Crippen LogP contribution >= 0.6 is 15.9 Å². The second-order valence-electron chi connectivity index (χ2n) is 4.17. The molecule has 0 spiro atoms. The summed E-state index contributed by atoms with van der Waals surface area (Å²) in [5, 5.41) is 0. The van der Waals surface area contributed by atoms with E-state index in [1.165, 1.54) is 0 Å². The van der Waals surface area contributed by atoms with Crippen LogP contribution in [0.4, 0.5) is 0 Å². The number of hydrogen-bond donors (Lipinski definition) is 0. The molecule has 0 saturated heterocycles. The molecule has 0 amide bonds. The first kappa shape index (κ1) is 13.1. The normalized spacial score (nSPS) is 12.2. The molecule has 0 bridgehead atoms. The molecule has 104 valence electrons. The monoisotopic (exact) mass is 336 g/mol. The van der Waals surface area contributed by atoms with Crippen molar-refractivity contribution in [2.75, 3.05) is 20.0 Å². The maximum absolute atomic E-state index is 5.61. The fourth-order valence-corrected chi connectivity index (χ4v) is 2.22. The Morgan fingerprint density at radius 3 is 2.45 bits per heavy atom. The van der Waals surface area contributed by atoms with Crippen molar-refractivity contribution in [3.05, 3.63) is 46.9 Å². The van der Waals surface area contributed by atoms with E-state index in [1.54, 1.807) is 0 Å². The Hall–Kier alpha value is -1.88. The lowest BCUT2D eigenvalue weighted by molar-refractivity contribution is 0.173. The van der Waals surface area contributed by atoms with E-state index in [2.05, 4.69) is 15.9 Å². The second kappa shape index (κ2) is 6.05. The number of halogens is 1. The van der Waals surface area contributed by atoms with Gasteiger partial charge in [0.25, 0.3) is 0 Å². The minimum absolute atomic E-state index is 0.269. The van der Waals surface area contributed by atoms with Crippen LogP contribution < -0.4 is 18.9 Å². The van der Waals surface area contributed by atoms with Gasteiger partial charge < -0.3 is 18.9 Å². The summed E-state index contributed by atoms with van der Waals surface area (Å²) in [4.78, 5) is 0. The Balaban J connectivity index is 1.48. The molecule has 0 fully saturated rings. The second-order valence-corrected chi connectivity index (χ2v) is 5.09. The Morgan fingerprint density at radius 2 is 1.65 bits per heavy atom. The lowest BCUT2D eigenvalue weighted by atomic mass is 10.3. The highest BCUT2D eigenvalue weighted by atomic mass is 79.9. The van der Waals surface area contributed by atoms with E-state index in [1.807, 2.05) is 42.5 Å². The topological polar surface area (TPSA) is 36.9 Å². The molecular weight excluding hydrogens is 324 g/mol. The third kappa shape index (κ3) is 3.17. The van der Waals surface area contributed by atoms with Crippen LogP contribution in [0.3, 0.4) is 0 Å². The van der Waals surface area contributed by atoms with E-state index >= 15 is 0 Å². The number of rotatable bonds is 5. The number of fused-ring (bicyclic) bond motifs is 1. The molecule has 0 N–H and O–H groups in total. The van der Waals surface area contributed by atoms with Gasteiger partial charge in [-0.05, 0) is 30.3 Å².